The van der Waals surface area contributed by atoms with Gasteiger partial charge in [0, 0.05) is 49.2 Å². The lowest BCUT2D eigenvalue weighted by atomic mass is 10.0. The Morgan fingerprint density at radius 2 is 1.92 bits per heavy atom. The van der Waals surface area contributed by atoms with Gasteiger partial charge in [-0.05, 0) is 74.7 Å². The molecule has 0 aliphatic carbocycles. The number of aromatic amines is 1. The standard InChI is InChI=1S/C27H41N7O2/c1-7-8-24(25-29-30-31-34(25)27(4,5)6)33(10-9-32-11-13-36-14-12-32)18-21-17-22-20(3)15-19(2)16-23(22)28-26(21)35/h15-17,24H,7-14,18H2,1-6H3,(H,28,35). The van der Waals surface area contributed by atoms with Gasteiger partial charge in [0.15, 0.2) is 5.82 Å². The summed E-state index contributed by atoms with van der Waals surface area (Å²) in [6.45, 7) is 18.3. The van der Waals surface area contributed by atoms with Gasteiger partial charge in [-0.3, -0.25) is 14.6 Å². The van der Waals surface area contributed by atoms with Crippen molar-refractivity contribution in [2.75, 3.05) is 39.4 Å². The SMILES string of the molecule is CCCC(c1nnnn1C(C)(C)C)N(CCN1CCOCC1)Cc1cc2c(C)cc(C)cc2[nH]c1=O. The van der Waals surface area contributed by atoms with E-state index in [9.17, 15) is 4.79 Å². The third-order valence-electron chi connectivity index (χ3n) is 7.00. The third-order valence-corrected chi connectivity index (χ3v) is 7.00. The zero-order valence-corrected chi connectivity index (χ0v) is 22.7. The molecule has 196 valence electrons. The zero-order valence-electron chi connectivity index (χ0n) is 22.7. The van der Waals surface area contributed by atoms with Crippen LogP contribution in [0.3, 0.4) is 0 Å². The maximum Gasteiger partial charge on any atom is 0.252 e. The Bertz CT molecular complexity index is 1220. The van der Waals surface area contributed by atoms with Crippen LogP contribution in [0.15, 0.2) is 23.0 Å². The van der Waals surface area contributed by atoms with Crippen LogP contribution in [0.5, 0.6) is 0 Å². The number of nitrogens with zero attached hydrogens (tertiary/aromatic N) is 6. The number of fused-ring (bicyclic) bond motifs is 1. The van der Waals surface area contributed by atoms with E-state index in [1.807, 2.05) is 10.7 Å². The molecule has 0 radical (unpaired) electrons. The minimum absolute atomic E-state index is 0.000484. The van der Waals surface area contributed by atoms with Crippen LogP contribution < -0.4 is 5.56 Å². The van der Waals surface area contributed by atoms with Crippen LogP contribution in [0.4, 0.5) is 0 Å². The summed E-state index contributed by atoms with van der Waals surface area (Å²) in [6, 6.07) is 6.28. The van der Waals surface area contributed by atoms with Crippen LogP contribution in [0.25, 0.3) is 10.9 Å². The summed E-state index contributed by atoms with van der Waals surface area (Å²) in [4.78, 5) is 21.2. The van der Waals surface area contributed by atoms with Gasteiger partial charge in [-0.15, -0.1) is 5.10 Å². The van der Waals surface area contributed by atoms with Gasteiger partial charge in [0.2, 0.25) is 0 Å². The van der Waals surface area contributed by atoms with E-state index in [2.05, 4.69) is 84.0 Å². The molecule has 1 aliphatic rings. The minimum atomic E-state index is -0.240. The van der Waals surface area contributed by atoms with Crippen molar-refractivity contribution in [1.82, 2.24) is 35.0 Å². The Morgan fingerprint density at radius 1 is 1.17 bits per heavy atom. The first kappa shape index (κ1) is 26.4. The highest BCUT2D eigenvalue weighted by atomic mass is 16.5. The lowest BCUT2D eigenvalue weighted by Gasteiger charge is -2.35. The van der Waals surface area contributed by atoms with E-state index >= 15 is 0 Å². The number of aryl methyl sites for hydroxylation is 2. The first-order chi connectivity index (χ1) is 17.2. The minimum Gasteiger partial charge on any atom is -0.379 e. The van der Waals surface area contributed by atoms with Gasteiger partial charge in [-0.2, -0.15) is 0 Å². The topological polar surface area (TPSA) is 92.2 Å². The molecule has 2 aromatic heterocycles. The lowest BCUT2D eigenvalue weighted by molar-refractivity contribution is 0.0287. The molecule has 1 fully saturated rings. The number of ether oxygens (including phenoxy) is 1. The number of tetrazole rings is 1. The number of benzene rings is 1. The molecule has 3 aromatic rings. The van der Waals surface area contributed by atoms with Crippen molar-refractivity contribution in [2.24, 2.45) is 0 Å². The molecule has 9 nitrogen and oxygen atoms in total. The molecule has 36 heavy (non-hydrogen) atoms. The second-order valence-electron chi connectivity index (χ2n) is 11.0. The number of hydrogen-bond donors (Lipinski definition) is 1. The molecule has 1 saturated heterocycles. The summed E-state index contributed by atoms with van der Waals surface area (Å²) in [6.07, 6.45) is 1.89. The third kappa shape index (κ3) is 6.02. The Morgan fingerprint density at radius 3 is 2.61 bits per heavy atom. The summed E-state index contributed by atoms with van der Waals surface area (Å²) in [5.74, 6) is 0.857. The molecule has 0 bridgehead atoms. The van der Waals surface area contributed by atoms with Gasteiger partial charge >= 0.3 is 0 Å². The van der Waals surface area contributed by atoms with Crippen molar-refractivity contribution in [3.8, 4) is 0 Å². The Kier molecular flexibility index (Phi) is 8.22. The van der Waals surface area contributed by atoms with Gasteiger partial charge in [0.1, 0.15) is 0 Å². The van der Waals surface area contributed by atoms with Crippen LogP contribution in [-0.4, -0.2) is 74.4 Å². The zero-order chi connectivity index (χ0) is 25.9. The van der Waals surface area contributed by atoms with Gasteiger partial charge < -0.3 is 9.72 Å². The summed E-state index contributed by atoms with van der Waals surface area (Å²) < 4.78 is 7.48. The molecular weight excluding hydrogens is 454 g/mol. The number of nitrogens with one attached hydrogen (secondary N) is 1. The van der Waals surface area contributed by atoms with Crippen LogP contribution in [0.2, 0.25) is 0 Å². The average molecular weight is 496 g/mol. The van der Waals surface area contributed by atoms with Gasteiger partial charge in [0.25, 0.3) is 5.56 Å². The number of H-pyrrole nitrogens is 1. The van der Waals surface area contributed by atoms with E-state index in [4.69, 9.17) is 4.74 Å². The molecule has 1 aliphatic heterocycles. The fourth-order valence-corrected chi connectivity index (χ4v) is 5.12. The molecule has 1 N–H and O–H groups in total. The first-order valence-corrected chi connectivity index (χ1v) is 13.1. The van der Waals surface area contributed by atoms with Gasteiger partial charge in [-0.1, -0.05) is 19.4 Å². The van der Waals surface area contributed by atoms with E-state index in [-0.39, 0.29) is 17.1 Å². The molecule has 0 saturated carbocycles. The maximum absolute atomic E-state index is 13.2. The first-order valence-electron chi connectivity index (χ1n) is 13.1. The number of hydrogen-bond acceptors (Lipinski definition) is 7. The molecule has 3 heterocycles. The van der Waals surface area contributed by atoms with Crippen LogP contribution in [-0.2, 0) is 16.8 Å². The lowest BCUT2D eigenvalue weighted by Crippen LogP contribution is -2.43. The summed E-state index contributed by atoms with van der Waals surface area (Å²) in [7, 11) is 0. The number of rotatable bonds is 9. The molecule has 4 rings (SSSR count). The Labute approximate surface area is 213 Å². The number of pyridine rings is 1. The largest absolute Gasteiger partial charge is 0.379 e. The average Bonchev–Trinajstić information content (AvgIpc) is 3.32. The second-order valence-corrected chi connectivity index (χ2v) is 11.0. The fourth-order valence-electron chi connectivity index (χ4n) is 5.12. The normalized spacial score (nSPS) is 16.2. The van der Waals surface area contributed by atoms with E-state index in [0.717, 1.165) is 80.1 Å². The van der Waals surface area contributed by atoms with Crippen molar-refractivity contribution in [3.63, 3.8) is 0 Å². The van der Waals surface area contributed by atoms with E-state index in [1.54, 1.807) is 0 Å². The van der Waals surface area contributed by atoms with Crippen molar-refractivity contribution in [3.05, 3.63) is 51.1 Å². The van der Waals surface area contributed by atoms with Gasteiger partial charge in [0.05, 0.1) is 24.8 Å². The second kappa shape index (κ2) is 11.2. The molecule has 0 spiro atoms. The maximum atomic E-state index is 13.2. The monoisotopic (exact) mass is 495 g/mol. The smallest absolute Gasteiger partial charge is 0.252 e. The summed E-state index contributed by atoms with van der Waals surface area (Å²) >= 11 is 0. The summed E-state index contributed by atoms with van der Waals surface area (Å²) in [5, 5.41) is 14.0. The number of morpholine rings is 1. The van der Waals surface area contributed by atoms with Crippen LogP contribution in [0, 0.1) is 13.8 Å². The molecule has 1 aromatic carbocycles. The molecular formula is C27H41N7O2. The van der Waals surface area contributed by atoms with Crippen molar-refractivity contribution < 1.29 is 4.74 Å². The van der Waals surface area contributed by atoms with E-state index in [0.29, 0.717) is 6.54 Å². The highest BCUT2D eigenvalue weighted by Crippen LogP contribution is 2.29. The van der Waals surface area contributed by atoms with Crippen LogP contribution in [0.1, 0.15) is 69.1 Å². The highest BCUT2D eigenvalue weighted by Gasteiger charge is 2.30. The Hall–Kier alpha value is -2.62. The van der Waals surface area contributed by atoms with E-state index in [1.165, 1.54) is 5.56 Å². The van der Waals surface area contributed by atoms with Crippen LogP contribution >= 0.6 is 0 Å². The van der Waals surface area contributed by atoms with Crippen molar-refractivity contribution in [1.29, 1.82) is 0 Å². The molecule has 9 heteroatoms. The predicted octanol–water partition coefficient (Wildman–Crippen LogP) is 3.56. The van der Waals surface area contributed by atoms with Crippen molar-refractivity contribution >= 4 is 10.9 Å². The molecule has 1 unspecified atom stereocenters. The van der Waals surface area contributed by atoms with Gasteiger partial charge in [-0.25, -0.2) is 4.68 Å². The molecule has 0 amide bonds. The number of aromatic nitrogens is 5. The fraction of sp³-hybridized carbons (Fsp3) is 0.630. The quantitative estimate of drug-likeness (QED) is 0.485. The van der Waals surface area contributed by atoms with Crippen molar-refractivity contribution in [2.45, 2.75) is 72.5 Å². The Balaban J connectivity index is 1.71. The molecule has 1 atom stereocenters. The summed E-state index contributed by atoms with van der Waals surface area (Å²) in [5.41, 5.74) is 3.71. The predicted molar refractivity (Wildman–Crippen MR) is 142 cm³/mol. The highest BCUT2D eigenvalue weighted by molar-refractivity contribution is 5.83. The van der Waals surface area contributed by atoms with E-state index < -0.39 is 0 Å².